The van der Waals surface area contributed by atoms with Crippen molar-refractivity contribution in [1.82, 2.24) is 14.7 Å². The Morgan fingerprint density at radius 3 is 2.61 bits per heavy atom. The molecule has 2 aliphatic rings. The first kappa shape index (κ1) is 18.5. The molecule has 1 N–H and O–H groups in total. The maximum absolute atomic E-state index is 13.3. The van der Waals surface area contributed by atoms with Crippen molar-refractivity contribution in [3.05, 3.63) is 47.3 Å². The molecule has 1 aromatic carbocycles. The lowest BCUT2D eigenvalue weighted by Crippen LogP contribution is -2.55. The van der Waals surface area contributed by atoms with E-state index in [2.05, 4.69) is 10.4 Å². The molecule has 1 aromatic heterocycles. The third-order valence-electron chi connectivity index (χ3n) is 5.44. The third-order valence-corrected chi connectivity index (χ3v) is 5.44. The summed E-state index contributed by atoms with van der Waals surface area (Å²) in [5.74, 6) is -0.559. The molecule has 6 nitrogen and oxygen atoms in total. The summed E-state index contributed by atoms with van der Waals surface area (Å²) in [6.45, 7) is 0.580. The molecule has 0 bridgehead atoms. The molecule has 1 aliphatic heterocycles. The van der Waals surface area contributed by atoms with Crippen molar-refractivity contribution in [3.8, 4) is 0 Å². The first-order valence-electron chi connectivity index (χ1n) is 9.05. The Kier molecular flexibility index (Phi) is 4.40. The predicted molar refractivity (Wildman–Crippen MR) is 94.8 cm³/mol. The summed E-state index contributed by atoms with van der Waals surface area (Å²) in [5.41, 5.74) is -0.898. The Hall–Kier alpha value is -2.84. The van der Waals surface area contributed by atoms with E-state index in [0.717, 1.165) is 31.4 Å². The molecule has 1 saturated carbocycles. The number of fused-ring (bicyclic) bond motifs is 1. The van der Waals surface area contributed by atoms with Crippen LogP contribution in [0, 0.1) is 5.92 Å². The van der Waals surface area contributed by atoms with Crippen molar-refractivity contribution in [2.24, 2.45) is 13.0 Å². The Balaban J connectivity index is 1.62. The minimum absolute atomic E-state index is 0.0679. The van der Waals surface area contributed by atoms with Crippen molar-refractivity contribution >= 4 is 17.5 Å². The van der Waals surface area contributed by atoms with Gasteiger partial charge in [0, 0.05) is 37.1 Å². The van der Waals surface area contributed by atoms with Crippen LogP contribution in [0.1, 0.15) is 45.5 Å². The van der Waals surface area contributed by atoms with E-state index in [1.54, 1.807) is 11.9 Å². The van der Waals surface area contributed by atoms with Crippen molar-refractivity contribution in [3.63, 3.8) is 0 Å². The molecule has 1 aliphatic carbocycles. The van der Waals surface area contributed by atoms with Gasteiger partial charge >= 0.3 is 6.18 Å². The van der Waals surface area contributed by atoms with Gasteiger partial charge in [-0.2, -0.15) is 18.3 Å². The average Bonchev–Trinajstić information content (AvgIpc) is 3.20. The fourth-order valence-electron chi connectivity index (χ4n) is 4.02. The van der Waals surface area contributed by atoms with Crippen LogP contribution in [0.3, 0.4) is 0 Å². The second kappa shape index (κ2) is 6.65. The number of aryl methyl sites for hydroxylation is 1. The summed E-state index contributed by atoms with van der Waals surface area (Å²) in [6, 6.07) is 3.10. The molecule has 2 heterocycles. The molecule has 9 heteroatoms. The van der Waals surface area contributed by atoms with Crippen molar-refractivity contribution in [1.29, 1.82) is 0 Å². The minimum atomic E-state index is -4.63. The average molecular weight is 392 g/mol. The quantitative estimate of drug-likeness (QED) is 0.872. The molecule has 1 saturated heterocycles. The number of hydrogen-bond acceptors (Lipinski definition) is 3. The zero-order chi connectivity index (χ0) is 20.1. The summed E-state index contributed by atoms with van der Waals surface area (Å²) in [6.07, 6.45) is 1.12. The van der Waals surface area contributed by atoms with E-state index < -0.39 is 23.6 Å². The highest BCUT2D eigenvalue weighted by molar-refractivity contribution is 6.05. The summed E-state index contributed by atoms with van der Waals surface area (Å²) in [7, 11) is 1.63. The Morgan fingerprint density at radius 1 is 1.18 bits per heavy atom. The Bertz CT molecular complexity index is 938. The minimum Gasteiger partial charge on any atom is -0.335 e. The zero-order valence-corrected chi connectivity index (χ0v) is 15.2. The van der Waals surface area contributed by atoms with Crippen molar-refractivity contribution in [2.45, 2.75) is 31.5 Å². The number of amides is 2. The van der Waals surface area contributed by atoms with E-state index in [-0.39, 0.29) is 22.9 Å². The molecular formula is C19H19F3N4O2. The van der Waals surface area contributed by atoms with Crippen LogP contribution in [0.4, 0.5) is 18.9 Å². The lowest BCUT2D eigenvalue weighted by atomic mass is 9.91. The first-order valence-corrected chi connectivity index (χ1v) is 9.05. The number of carbonyl (C=O) groups excluding carboxylic acids is 2. The van der Waals surface area contributed by atoms with Crippen LogP contribution >= 0.6 is 0 Å². The molecule has 2 fully saturated rings. The van der Waals surface area contributed by atoms with E-state index in [1.807, 2.05) is 0 Å². The summed E-state index contributed by atoms with van der Waals surface area (Å²) >= 11 is 0. The van der Waals surface area contributed by atoms with E-state index >= 15 is 0 Å². The van der Waals surface area contributed by atoms with Gasteiger partial charge in [-0.3, -0.25) is 14.3 Å². The molecule has 2 atom stereocenters. The summed E-state index contributed by atoms with van der Waals surface area (Å²) in [4.78, 5) is 26.7. The fraction of sp³-hybridized carbons (Fsp3) is 0.421. The van der Waals surface area contributed by atoms with Crippen LogP contribution in [0.2, 0.25) is 0 Å². The number of nitrogens with zero attached hydrogens (tertiary/aromatic N) is 3. The second-order valence-electron chi connectivity index (χ2n) is 7.37. The Labute approximate surface area is 159 Å². The van der Waals surface area contributed by atoms with Crippen LogP contribution in [0.15, 0.2) is 30.6 Å². The van der Waals surface area contributed by atoms with Gasteiger partial charge in [0.25, 0.3) is 11.8 Å². The van der Waals surface area contributed by atoms with Crippen LogP contribution in [-0.2, 0) is 13.2 Å². The largest absolute Gasteiger partial charge is 0.416 e. The van der Waals surface area contributed by atoms with Gasteiger partial charge in [0.05, 0.1) is 17.3 Å². The molecule has 148 valence electrons. The number of alkyl halides is 3. The lowest BCUT2D eigenvalue weighted by molar-refractivity contribution is -0.137. The van der Waals surface area contributed by atoms with Gasteiger partial charge in [0.2, 0.25) is 0 Å². The third kappa shape index (κ3) is 3.36. The maximum Gasteiger partial charge on any atom is 0.416 e. The van der Waals surface area contributed by atoms with E-state index in [4.69, 9.17) is 0 Å². The number of anilines is 1. The highest BCUT2D eigenvalue weighted by Crippen LogP contribution is 2.40. The summed E-state index contributed by atoms with van der Waals surface area (Å²) < 4.78 is 41.4. The van der Waals surface area contributed by atoms with E-state index in [0.29, 0.717) is 12.5 Å². The topological polar surface area (TPSA) is 67.2 Å². The monoisotopic (exact) mass is 392 g/mol. The molecule has 28 heavy (non-hydrogen) atoms. The number of carbonyl (C=O) groups is 2. The van der Waals surface area contributed by atoms with Crippen LogP contribution in [0.25, 0.3) is 0 Å². The number of rotatable bonds is 3. The van der Waals surface area contributed by atoms with Gasteiger partial charge in [-0.1, -0.05) is 6.42 Å². The second-order valence-corrected chi connectivity index (χ2v) is 7.37. The number of likely N-dealkylation sites (tertiary alicyclic amines) is 1. The SMILES string of the molecule is Cn1cc(C(=O)Nc2cc(C(=O)N3C[C@@H]4CCC[C@@H]43)cc(C(F)(F)F)c2)cn1. The molecule has 4 rings (SSSR count). The molecule has 2 amide bonds. The van der Waals surface area contributed by atoms with Crippen molar-refractivity contribution in [2.75, 3.05) is 11.9 Å². The van der Waals surface area contributed by atoms with Gasteiger partial charge < -0.3 is 10.2 Å². The lowest BCUT2D eigenvalue weighted by Gasteiger charge is -2.44. The van der Waals surface area contributed by atoms with Gasteiger partial charge in [-0.15, -0.1) is 0 Å². The van der Waals surface area contributed by atoms with Gasteiger partial charge in [0.1, 0.15) is 0 Å². The molecule has 0 radical (unpaired) electrons. The smallest absolute Gasteiger partial charge is 0.335 e. The Morgan fingerprint density at radius 2 is 1.96 bits per heavy atom. The normalized spacial score (nSPS) is 21.2. The van der Waals surface area contributed by atoms with Crippen molar-refractivity contribution < 1.29 is 22.8 Å². The molecule has 0 unspecified atom stereocenters. The first-order chi connectivity index (χ1) is 13.2. The van der Waals surface area contributed by atoms with Crippen LogP contribution in [0.5, 0.6) is 0 Å². The van der Waals surface area contributed by atoms with E-state index in [1.165, 1.54) is 23.1 Å². The molecule has 2 aromatic rings. The van der Waals surface area contributed by atoms with E-state index in [9.17, 15) is 22.8 Å². The number of halogens is 3. The number of hydrogen-bond donors (Lipinski definition) is 1. The van der Waals surface area contributed by atoms with Crippen LogP contribution in [-0.4, -0.2) is 39.1 Å². The van der Waals surface area contributed by atoms with Gasteiger partial charge in [0.15, 0.2) is 0 Å². The highest BCUT2D eigenvalue weighted by atomic mass is 19.4. The van der Waals surface area contributed by atoms with Crippen LogP contribution < -0.4 is 5.32 Å². The maximum atomic E-state index is 13.3. The highest BCUT2D eigenvalue weighted by Gasteiger charge is 2.45. The number of aromatic nitrogens is 2. The molecular weight excluding hydrogens is 373 g/mol. The predicted octanol–water partition coefficient (Wildman–Crippen LogP) is 3.32. The number of nitrogens with one attached hydrogen (secondary N) is 1. The fourth-order valence-corrected chi connectivity index (χ4v) is 4.02. The number of benzene rings is 1. The zero-order valence-electron chi connectivity index (χ0n) is 15.2. The summed E-state index contributed by atoms with van der Waals surface area (Å²) in [5, 5.41) is 6.31. The van der Waals surface area contributed by atoms with Gasteiger partial charge in [-0.25, -0.2) is 0 Å². The standard InChI is InChI=1S/C19H19F3N4O2/c1-25-9-13(8-23-25)17(27)24-15-6-12(5-14(7-15)19(20,21)22)18(28)26-10-11-3-2-4-16(11)26/h5-9,11,16H,2-4,10H2,1H3,(H,24,27)/t11-,16-/m0/s1. The van der Waals surface area contributed by atoms with Gasteiger partial charge in [-0.05, 0) is 37.0 Å². The molecule has 0 spiro atoms.